The third-order valence-corrected chi connectivity index (χ3v) is 12.7. The van der Waals surface area contributed by atoms with Crippen molar-refractivity contribution in [3.8, 4) is 50.4 Å². The smallest absolute Gasteiger partial charge is 0.0541 e. The second-order valence-corrected chi connectivity index (χ2v) is 16.2. The van der Waals surface area contributed by atoms with Crippen molar-refractivity contribution in [2.24, 2.45) is 0 Å². The highest BCUT2D eigenvalue weighted by molar-refractivity contribution is 6.13. The van der Waals surface area contributed by atoms with Gasteiger partial charge in [-0.2, -0.15) is 0 Å². The van der Waals surface area contributed by atoms with Gasteiger partial charge in [0.2, 0.25) is 0 Å². The molecular formula is C57H36N6. The van der Waals surface area contributed by atoms with E-state index in [-0.39, 0.29) is 0 Å². The molecule has 6 nitrogen and oxygen atoms in total. The van der Waals surface area contributed by atoms with E-state index in [2.05, 4.69) is 211 Å². The molecule has 7 aromatic carbocycles. The SMILES string of the molecule is c1ccc2c(c1)c1cc(-c3ccncc3)ccc1n2-c1cc(-n2c3ccccc3c3cc(-c4ccncc4)ccc32)cc(-n2c3ccccc3c3cc(-c4ccncc4)ccc32)c1. The molecule has 0 fully saturated rings. The van der Waals surface area contributed by atoms with E-state index in [0.717, 1.165) is 83.5 Å². The van der Waals surface area contributed by atoms with Gasteiger partial charge in [-0.15, -0.1) is 0 Å². The molecule has 0 unspecified atom stereocenters. The molecule has 6 aromatic heterocycles. The van der Waals surface area contributed by atoms with Gasteiger partial charge < -0.3 is 13.7 Å². The first-order chi connectivity index (χ1) is 31.2. The fraction of sp³-hybridized carbons (Fsp3) is 0. The standard InChI is InChI=1S/C57H36N6/c1-4-10-52-46(7-1)49-31-40(37-19-25-58-26-20-37)13-16-55(49)61(52)43-34-44(62-53-11-5-2-8-47(53)50-32-41(14-17-56(50)62)38-21-27-59-28-22-38)36-45(35-43)63-54-12-6-3-9-48(54)51-33-42(15-18-57(51)63)39-23-29-60-30-24-39/h1-36H. The first-order valence-electron chi connectivity index (χ1n) is 21.2. The summed E-state index contributed by atoms with van der Waals surface area (Å²) in [5.41, 5.74) is 17.0. The Balaban J connectivity index is 1.12. The van der Waals surface area contributed by atoms with Gasteiger partial charge in [-0.1, -0.05) is 72.8 Å². The number of fused-ring (bicyclic) bond motifs is 9. The second-order valence-electron chi connectivity index (χ2n) is 16.2. The lowest BCUT2D eigenvalue weighted by Gasteiger charge is -2.17. The molecule has 63 heavy (non-hydrogen) atoms. The minimum atomic E-state index is 1.07. The topological polar surface area (TPSA) is 53.5 Å². The summed E-state index contributed by atoms with van der Waals surface area (Å²) in [6, 6.07) is 66.4. The molecule has 6 heterocycles. The van der Waals surface area contributed by atoms with E-state index in [4.69, 9.17) is 0 Å². The molecule has 13 aromatic rings. The molecule has 0 aliphatic carbocycles. The zero-order chi connectivity index (χ0) is 41.4. The molecule has 13 rings (SSSR count). The van der Waals surface area contributed by atoms with Crippen molar-refractivity contribution in [1.29, 1.82) is 0 Å². The number of para-hydroxylation sites is 3. The Morgan fingerprint density at radius 3 is 0.794 bits per heavy atom. The van der Waals surface area contributed by atoms with Crippen LogP contribution in [0.1, 0.15) is 0 Å². The van der Waals surface area contributed by atoms with Crippen molar-refractivity contribution in [2.45, 2.75) is 0 Å². The number of pyridine rings is 3. The number of rotatable bonds is 6. The normalized spacial score (nSPS) is 11.8. The van der Waals surface area contributed by atoms with Crippen molar-refractivity contribution in [1.82, 2.24) is 28.7 Å². The summed E-state index contributed by atoms with van der Waals surface area (Å²) in [6.45, 7) is 0. The van der Waals surface area contributed by atoms with Gasteiger partial charge in [-0.05, 0) is 143 Å². The molecule has 0 saturated carbocycles. The summed E-state index contributed by atoms with van der Waals surface area (Å²) in [5, 5.41) is 7.22. The summed E-state index contributed by atoms with van der Waals surface area (Å²) in [5.74, 6) is 0. The predicted molar refractivity (Wildman–Crippen MR) is 259 cm³/mol. The monoisotopic (exact) mass is 804 g/mol. The van der Waals surface area contributed by atoms with Crippen LogP contribution in [-0.2, 0) is 0 Å². The third-order valence-electron chi connectivity index (χ3n) is 12.7. The Morgan fingerprint density at radius 2 is 0.492 bits per heavy atom. The zero-order valence-electron chi connectivity index (χ0n) is 34.0. The lowest BCUT2D eigenvalue weighted by atomic mass is 10.0. The lowest BCUT2D eigenvalue weighted by molar-refractivity contribution is 1.10. The van der Waals surface area contributed by atoms with E-state index < -0.39 is 0 Å². The minimum absolute atomic E-state index is 1.07. The fourth-order valence-electron chi connectivity index (χ4n) is 9.89. The van der Waals surface area contributed by atoms with Crippen LogP contribution in [0.3, 0.4) is 0 Å². The van der Waals surface area contributed by atoms with Crippen molar-refractivity contribution in [3.05, 3.63) is 219 Å². The first kappa shape index (κ1) is 35.2. The Morgan fingerprint density at radius 1 is 0.222 bits per heavy atom. The van der Waals surface area contributed by atoms with Crippen LogP contribution in [0.2, 0.25) is 0 Å². The molecule has 0 radical (unpaired) electrons. The van der Waals surface area contributed by atoms with E-state index in [0.29, 0.717) is 0 Å². The van der Waals surface area contributed by atoms with Gasteiger partial charge in [0.15, 0.2) is 0 Å². The van der Waals surface area contributed by atoms with Gasteiger partial charge in [0.05, 0.1) is 50.2 Å². The average Bonchev–Trinajstić information content (AvgIpc) is 4.00. The van der Waals surface area contributed by atoms with Crippen molar-refractivity contribution >= 4 is 65.4 Å². The van der Waals surface area contributed by atoms with Gasteiger partial charge >= 0.3 is 0 Å². The maximum Gasteiger partial charge on any atom is 0.0541 e. The maximum absolute atomic E-state index is 4.28. The van der Waals surface area contributed by atoms with Gasteiger partial charge in [0.25, 0.3) is 0 Å². The Bertz CT molecular complexity index is 3480. The van der Waals surface area contributed by atoms with Crippen LogP contribution < -0.4 is 0 Å². The summed E-state index contributed by atoms with van der Waals surface area (Å²) in [7, 11) is 0. The van der Waals surface area contributed by atoms with E-state index in [1.54, 1.807) is 0 Å². The number of nitrogens with zero attached hydrogens (tertiary/aromatic N) is 6. The summed E-state index contributed by atoms with van der Waals surface area (Å²) in [4.78, 5) is 12.9. The van der Waals surface area contributed by atoms with E-state index in [1.165, 1.54) is 32.3 Å². The molecule has 294 valence electrons. The fourth-order valence-corrected chi connectivity index (χ4v) is 9.89. The van der Waals surface area contributed by atoms with Gasteiger partial charge in [-0.25, -0.2) is 0 Å². The largest absolute Gasteiger partial charge is 0.309 e. The molecule has 0 bridgehead atoms. The van der Waals surface area contributed by atoms with E-state index in [9.17, 15) is 0 Å². The molecule has 0 atom stereocenters. The number of hydrogen-bond donors (Lipinski definition) is 0. The number of aromatic nitrogens is 6. The van der Waals surface area contributed by atoms with E-state index in [1.807, 2.05) is 37.2 Å². The van der Waals surface area contributed by atoms with Crippen molar-refractivity contribution in [2.75, 3.05) is 0 Å². The molecular weight excluding hydrogens is 769 g/mol. The third kappa shape index (κ3) is 5.55. The molecule has 0 saturated heterocycles. The van der Waals surface area contributed by atoms with Crippen LogP contribution in [0.25, 0.3) is 116 Å². The highest BCUT2D eigenvalue weighted by Crippen LogP contribution is 2.41. The first-order valence-corrected chi connectivity index (χ1v) is 21.2. The summed E-state index contributed by atoms with van der Waals surface area (Å²) in [6.07, 6.45) is 11.2. The van der Waals surface area contributed by atoms with E-state index >= 15 is 0 Å². The van der Waals surface area contributed by atoms with Gasteiger partial charge in [0.1, 0.15) is 0 Å². The van der Waals surface area contributed by atoms with Gasteiger partial charge in [-0.3, -0.25) is 15.0 Å². The lowest BCUT2D eigenvalue weighted by Crippen LogP contribution is -2.03. The van der Waals surface area contributed by atoms with Crippen LogP contribution in [-0.4, -0.2) is 28.7 Å². The number of hydrogen-bond acceptors (Lipinski definition) is 3. The van der Waals surface area contributed by atoms with Crippen LogP contribution >= 0.6 is 0 Å². The molecule has 0 aliphatic rings. The van der Waals surface area contributed by atoms with Crippen molar-refractivity contribution in [3.63, 3.8) is 0 Å². The van der Waals surface area contributed by atoms with Crippen LogP contribution in [0, 0.1) is 0 Å². The highest BCUT2D eigenvalue weighted by Gasteiger charge is 2.21. The second kappa shape index (κ2) is 14.0. The Hall–Kier alpha value is -8.61. The molecule has 0 spiro atoms. The zero-order valence-corrected chi connectivity index (χ0v) is 34.0. The Labute approximate surface area is 362 Å². The minimum Gasteiger partial charge on any atom is -0.309 e. The number of benzene rings is 7. The Kier molecular flexibility index (Phi) is 7.80. The van der Waals surface area contributed by atoms with Crippen LogP contribution in [0.4, 0.5) is 0 Å². The molecule has 6 heteroatoms. The molecule has 0 aliphatic heterocycles. The summed E-state index contributed by atoms with van der Waals surface area (Å²) >= 11 is 0. The van der Waals surface area contributed by atoms with Crippen LogP contribution in [0.15, 0.2) is 219 Å². The molecule has 0 amide bonds. The predicted octanol–water partition coefficient (Wildman–Crippen LogP) is 14.2. The maximum atomic E-state index is 4.28. The summed E-state index contributed by atoms with van der Waals surface area (Å²) < 4.78 is 7.33. The highest BCUT2D eigenvalue weighted by atomic mass is 15.0. The quantitative estimate of drug-likeness (QED) is 0.168. The van der Waals surface area contributed by atoms with Crippen molar-refractivity contribution < 1.29 is 0 Å². The average molecular weight is 805 g/mol. The van der Waals surface area contributed by atoms with Gasteiger partial charge in [0, 0.05) is 69.5 Å². The molecule has 0 N–H and O–H groups in total. The van der Waals surface area contributed by atoms with Crippen LogP contribution in [0.5, 0.6) is 0 Å².